The number of hydrogen-bond donors (Lipinski definition) is 1. The Morgan fingerprint density at radius 2 is 1.12 bits per heavy atom. The first kappa shape index (κ1) is 26.1. The summed E-state index contributed by atoms with van der Waals surface area (Å²) in [6.45, 7) is 2.25. The molecule has 2 nitrogen and oxygen atoms in total. The Balaban J connectivity index is 0. The molecule has 0 rings (SSSR count). The van der Waals surface area contributed by atoms with E-state index in [-0.39, 0.29) is 29.6 Å². The molecule has 0 aliphatic rings. The molecule has 0 unspecified atom stereocenters. The summed E-state index contributed by atoms with van der Waals surface area (Å²) in [7, 11) is 0. The Bertz CT molecular complexity index is 468. The molecular weight excluding hydrogens is 319 g/mol. The van der Waals surface area contributed by atoms with Gasteiger partial charge >= 0.3 is 35.5 Å². The third kappa shape index (κ3) is 25.3. The van der Waals surface area contributed by atoms with Crippen LogP contribution >= 0.6 is 0 Å². The number of carbonyl (C=O) groups is 1. The van der Waals surface area contributed by atoms with Crippen molar-refractivity contribution in [1.82, 2.24) is 0 Å². The molecule has 0 saturated carbocycles. The van der Waals surface area contributed by atoms with Crippen LogP contribution in [0.15, 0.2) is 72.9 Å². The van der Waals surface area contributed by atoms with Gasteiger partial charge in [0, 0.05) is 6.08 Å². The van der Waals surface area contributed by atoms with Gasteiger partial charge in [0.05, 0.1) is 0 Å². The normalized spacial score (nSPS) is 12.5. The van der Waals surface area contributed by atoms with Crippen LogP contribution in [-0.4, -0.2) is 40.6 Å². The molecule has 0 amide bonds. The molecule has 0 fully saturated rings. The topological polar surface area (TPSA) is 37.3 Å². The van der Waals surface area contributed by atoms with Crippen molar-refractivity contribution >= 4 is 35.5 Å². The molecule has 134 valence electrons. The van der Waals surface area contributed by atoms with Gasteiger partial charge in [-0.25, -0.2) is 4.79 Å². The monoisotopic (exact) mass is 352 g/mol. The van der Waals surface area contributed by atoms with Gasteiger partial charge in [0.15, 0.2) is 0 Å². The standard InChI is InChI=1S/C22H32O2.Na.H/c1-2-3-4-5-6-7-8-9-10-11-12-13-14-15-16-17-18-19-20-21-22(23)24;;/h10-21H,2-9H2,1H3,(H,23,24);;/b11-10+,13-12+,15-14+,17-16+,19-18+,21-20+;;. The van der Waals surface area contributed by atoms with Gasteiger partial charge in [0.1, 0.15) is 0 Å². The van der Waals surface area contributed by atoms with Crippen molar-refractivity contribution in [3.8, 4) is 0 Å². The van der Waals surface area contributed by atoms with Crippen LogP contribution in [0.4, 0.5) is 0 Å². The molecule has 3 heteroatoms. The second-order valence-electron chi connectivity index (χ2n) is 5.58. The zero-order valence-corrected chi connectivity index (χ0v) is 14.9. The van der Waals surface area contributed by atoms with Crippen LogP contribution in [0, 0.1) is 0 Å². The number of allylic oxidation sites excluding steroid dienone is 11. The first-order chi connectivity index (χ1) is 11.8. The second-order valence-corrected chi connectivity index (χ2v) is 5.58. The van der Waals surface area contributed by atoms with E-state index in [9.17, 15) is 4.79 Å². The molecule has 0 aliphatic heterocycles. The molecule has 0 saturated heterocycles. The predicted molar refractivity (Wildman–Crippen MR) is 112 cm³/mol. The molecule has 0 bridgehead atoms. The van der Waals surface area contributed by atoms with E-state index < -0.39 is 5.97 Å². The van der Waals surface area contributed by atoms with Crippen LogP contribution in [-0.2, 0) is 4.79 Å². The van der Waals surface area contributed by atoms with Gasteiger partial charge in [0.25, 0.3) is 0 Å². The molecule has 0 spiro atoms. The Kier molecular flexibility index (Phi) is 24.0. The number of hydrogen-bond acceptors (Lipinski definition) is 1. The number of unbranched alkanes of at least 4 members (excludes halogenated alkanes) is 7. The van der Waals surface area contributed by atoms with Gasteiger partial charge in [-0.15, -0.1) is 0 Å². The minimum absolute atomic E-state index is 0. The maximum atomic E-state index is 10.2. The van der Waals surface area contributed by atoms with Crippen molar-refractivity contribution in [2.75, 3.05) is 0 Å². The summed E-state index contributed by atoms with van der Waals surface area (Å²) in [5, 5.41) is 8.39. The zero-order valence-electron chi connectivity index (χ0n) is 14.9. The zero-order chi connectivity index (χ0) is 17.7. The van der Waals surface area contributed by atoms with E-state index >= 15 is 0 Å². The first-order valence-electron chi connectivity index (χ1n) is 9.00. The SMILES string of the molecule is CCCCCCCCC/C=C/C=C/C=C/C=C/C=C/C=C/C(=O)O.[NaH]. The van der Waals surface area contributed by atoms with Gasteiger partial charge in [0.2, 0.25) is 0 Å². The van der Waals surface area contributed by atoms with Gasteiger partial charge in [-0.3, -0.25) is 0 Å². The van der Waals surface area contributed by atoms with Crippen molar-refractivity contribution < 1.29 is 9.90 Å². The van der Waals surface area contributed by atoms with Gasteiger partial charge in [-0.1, -0.05) is 112 Å². The summed E-state index contributed by atoms with van der Waals surface area (Å²) < 4.78 is 0. The third-order valence-corrected chi connectivity index (χ3v) is 3.35. The summed E-state index contributed by atoms with van der Waals surface area (Å²) in [5.74, 6) is -0.936. The first-order valence-corrected chi connectivity index (χ1v) is 9.00. The maximum absolute atomic E-state index is 10.2. The predicted octanol–water partition coefficient (Wildman–Crippen LogP) is 5.90. The van der Waals surface area contributed by atoms with Crippen molar-refractivity contribution in [3.63, 3.8) is 0 Å². The van der Waals surface area contributed by atoms with Crippen molar-refractivity contribution in [1.29, 1.82) is 0 Å². The van der Waals surface area contributed by atoms with Crippen LogP contribution in [0.5, 0.6) is 0 Å². The van der Waals surface area contributed by atoms with Gasteiger partial charge in [-0.2, -0.15) is 0 Å². The fraction of sp³-hybridized carbons (Fsp3) is 0.409. The van der Waals surface area contributed by atoms with Crippen LogP contribution in [0.2, 0.25) is 0 Å². The molecule has 1 N–H and O–H groups in total. The van der Waals surface area contributed by atoms with E-state index in [2.05, 4.69) is 19.1 Å². The number of carboxylic acids is 1. The van der Waals surface area contributed by atoms with E-state index in [4.69, 9.17) is 5.11 Å². The average molecular weight is 352 g/mol. The molecule has 0 aromatic carbocycles. The van der Waals surface area contributed by atoms with Crippen molar-refractivity contribution in [3.05, 3.63) is 72.9 Å². The molecule has 0 aromatic heterocycles. The molecular formula is C22H33NaO2. The fourth-order valence-corrected chi connectivity index (χ4v) is 2.05. The Hall–Kier alpha value is -1.09. The van der Waals surface area contributed by atoms with E-state index in [1.165, 1.54) is 51.0 Å². The van der Waals surface area contributed by atoms with E-state index in [0.717, 1.165) is 12.5 Å². The van der Waals surface area contributed by atoms with Gasteiger partial charge < -0.3 is 5.11 Å². The van der Waals surface area contributed by atoms with E-state index in [1.807, 2.05) is 36.5 Å². The minimum atomic E-state index is -0.936. The van der Waals surface area contributed by atoms with Crippen LogP contribution in [0.1, 0.15) is 58.3 Å². The van der Waals surface area contributed by atoms with Crippen molar-refractivity contribution in [2.45, 2.75) is 58.3 Å². The van der Waals surface area contributed by atoms with Crippen LogP contribution in [0.3, 0.4) is 0 Å². The molecule has 0 heterocycles. The molecule has 0 radical (unpaired) electrons. The molecule has 0 aromatic rings. The summed E-state index contributed by atoms with van der Waals surface area (Å²) >= 11 is 0. The third-order valence-electron chi connectivity index (χ3n) is 3.35. The second kappa shape index (κ2) is 22.9. The summed E-state index contributed by atoms with van der Waals surface area (Å²) in [6, 6.07) is 0. The summed E-state index contributed by atoms with van der Waals surface area (Å²) in [4.78, 5) is 10.2. The average Bonchev–Trinajstić information content (AvgIpc) is 2.56. The summed E-state index contributed by atoms with van der Waals surface area (Å²) in [5.41, 5.74) is 0. The molecule has 0 aliphatic carbocycles. The quantitative estimate of drug-likeness (QED) is 0.183. The number of carboxylic acid groups (broad SMARTS) is 1. The Morgan fingerprint density at radius 1 is 0.680 bits per heavy atom. The summed E-state index contributed by atoms with van der Waals surface area (Å²) in [6.07, 6.45) is 32.7. The van der Waals surface area contributed by atoms with Crippen LogP contribution < -0.4 is 0 Å². The van der Waals surface area contributed by atoms with Gasteiger partial charge in [-0.05, 0) is 12.8 Å². The Labute approximate surface area is 176 Å². The van der Waals surface area contributed by atoms with Crippen molar-refractivity contribution in [2.24, 2.45) is 0 Å². The van der Waals surface area contributed by atoms with E-state index in [0.29, 0.717) is 0 Å². The fourth-order valence-electron chi connectivity index (χ4n) is 2.05. The van der Waals surface area contributed by atoms with E-state index in [1.54, 1.807) is 12.2 Å². The number of rotatable bonds is 14. The number of aliphatic carboxylic acids is 1. The molecule has 0 atom stereocenters. The Morgan fingerprint density at radius 3 is 1.64 bits per heavy atom. The van der Waals surface area contributed by atoms with Crippen LogP contribution in [0.25, 0.3) is 0 Å². The molecule has 25 heavy (non-hydrogen) atoms.